The molecule has 5 rings (SSSR count). The standard InChI is InChI=1S/C29H26F4N6O/c1-3-21-15-39(27-11-24-23(36-25(27)12-34)8-9-28(40)37-24)17(2)14-38(21)16-26-22(18-4-6-20(30)7-5-18)10-19(13-35-26)29(31,32)33/h4-11,13,17,21H,3,14-16H2,1-2H3,(H,37,40)/t17-,21+/m0/s1. The van der Waals surface area contributed by atoms with Gasteiger partial charge in [0, 0.05) is 49.5 Å². The third-order valence-corrected chi connectivity index (χ3v) is 7.33. The van der Waals surface area contributed by atoms with Crippen molar-refractivity contribution in [1.82, 2.24) is 19.9 Å². The van der Waals surface area contributed by atoms with Crippen molar-refractivity contribution in [2.75, 3.05) is 18.0 Å². The summed E-state index contributed by atoms with van der Waals surface area (Å²) in [6, 6.07) is 13.2. The van der Waals surface area contributed by atoms with Crippen LogP contribution in [0.1, 0.15) is 37.2 Å². The van der Waals surface area contributed by atoms with Gasteiger partial charge in [-0.2, -0.15) is 18.4 Å². The SMILES string of the molecule is CC[C@@H]1CN(c2cc3[nH]c(=O)ccc3nc2C#N)[C@@H](C)CN1Cc1ncc(C(F)(F)F)cc1-c1ccc(F)cc1. The second-order valence-corrected chi connectivity index (χ2v) is 9.94. The zero-order valence-electron chi connectivity index (χ0n) is 21.8. The average Bonchev–Trinajstić information content (AvgIpc) is 2.92. The fourth-order valence-corrected chi connectivity index (χ4v) is 5.25. The highest BCUT2D eigenvalue weighted by molar-refractivity contribution is 5.80. The molecule has 0 aliphatic carbocycles. The average molecular weight is 551 g/mol. The summed E-state index contributed by atoms with van der Waals surface area (Å²) in [4.78, 5) is 27.6. The van der Waals surface area contributed by atoms with Crippen molar-refractivity contribution in [3.8, 4) is 17.2 Å². The van der Waals surface area contributed by atoms with Crippen LogP contribution in [0, 0.1) is 17.1 Å². The van der Waals surface area contributed by atoms with Crippen LogP contribution in [-0.4, -0.2) is 45.0 Å². The summed E-state index contributed by atoms with van der Waals surface area (Å²) in [7, 11) is 0. The predicted molar refractivity (Wildman–Crippen MR) is 143 cm³/mol. The van der Waals surface area contributed by atoms with E-state index in [0.29, 0.717) is 46.6 Å². The number of hydrogen-bond donors (Lipinski definition) is 1. The third kappa shape index (κ3) is 5.40. The minimum atomic E-state index is -4.57. The number of aromatic amines is 1. The minimum Gasteiger partial charge on any atom is -0.364 e. The van der Waals surface area contributed by atoms with Crippen molar-refractivity contribution in [2.24, 2.45) is 0 Å². The Hall–Kier alpha value is -4.30. The molecule has 1 aliphatic rings. The summed E-state index contributed by atoms with van der Waals surface area (Å²) in [6.45, 7) is 5.38. The molecule has 4 aromatic rings. The van der Waals surface area contributed by atoms with E-state index in [1.807, 2.05) is 13.8 Å². The summed E-state index contributed by atoms with van der Waals surface area (Å²) >= 11 is 0. The summed E-state index contributed by atoms with van der Waals surface area (Å²) in [6.07, 6.45) is -3.00. The van der Waals surface area contributed by atoms with Gasteiger partial charge in [0.15, 0.2) is 5.69 Å². The number of nitriles is 1. The molecule has 206 valence electrons. The Morgan fingerprint density at radius 1 is 1.12 bits per heavy atom. The van der Waals surface area contributed by atoms with E-state index < -0.39 is 17.6 Å². The maximum Gasteiger partial charge on any atom is 0.417 e. The first-order valence-corrected chi connectivity index (χ1v) is 12.8. The van der Waals surface area contributed by atoms with Crippen LogP contribution in [0.2, 0.25) is 0 Å². The summed E-state index contributed by atoms with van der Waals surface area (Å²) in [5.41, 5.74) is 1.98. The van der Waals surface area contributed by atoms with Crippen LogP contribution < -0.4 is 10.5 Å². The van der Waals surface area contributed by atoms with Crippen molar-refractivity contribution >= 4 is 16.7 Å². The van der Waals surface area contributed by atoms with Gasteiger partial charge in [-0.15, -0.1) is 0 Å². The molecule has 4 heterocycles. The van der Waals surface area contributed by atoms with Gasteiger partial charge in [-0.25, -0.2) is 9.37 Å². The van der Waals surface area contributed by atoms with E-state index in [1.165, 1.54) is 30.3 Å². The third-order valence-electron chi connectivity index (χ3n) is 7.33. The van der Waals surface area contributed by atoms with E-state index in [-0.39, 0.29) is 29.9 Å². The monoisotopic (exact) mass is 550 g/mol. The van der Waals surface area contributed by atoms with Gasteiger partial charge in [-0.3, -0.25) is 14.7 Å². The molecule has 1 saturated heterocycles. The minimum absolute atomic E-state index is 0.0153. The predicted octanol–water partition coefficient (Wildman–Crippen LogP) is 5.50. The van der Waals surface area contributed by atoms with Gasteiger partial charge in [-0.05, 0) is 49.2 Å². The lowest BCUT2D eigenvalue weighted by Crippen LogP contribution is -2.57. The molecule has 1 aliphatic heterocycles. The van der Waals surface area contributed by atoms with Gasteiger partial charge in [0.05, 0.1) is 28.0 Å². The molecule has 1 aromatic carbocycles. The highest BCUT2D eigenvalue weighted by Crippen LogP contribution is 2.35. The topological polar surface area (TPSA) is 88.9 Å². The van der Waals surface area contributed by atoms with Crippen LogP contribution in [0.5, 0.6) is 0 Å². The van der Waals surface area contributed by atoms with E-state index >= 15 is 0 Å². The second kappa shape index (κ2) is 10.7. The number of aromatic nitrogens is 3. The van der Waals surface area contributed by atoms with Crippen molar-refractivity contribution in [3.63, 3.8) is 0 Å². The largest absolute Gasteiger partial charge is 0.417 e. The number of anilines is 1. The highest BCUT2D eigenvalue weighted by atomic mass is 19.4. The number of hydrogen-bond acceptors (Lipinski definition) is 6. The van der Waals surface area contributed by atoms with Crippen LogP contribution in [-0.2, 0) is 12.7 Å². The number of rotatable bonds is 5. The first kappa shape index (κ1) is 27.3. The molecular weight excluding hydrogens is 524 g/mol. The van der Waals surface area contributed by atoms with E-state index in [1.54, 1.807) is 12.1 Å². The lowest BCUT2D eigenvalue weighted by molar-refractivity contribution is -0.137. The zero-order chi connectivity index (χ0) is 28.6. The summed E-state index contributed by atoms with van der Waals surface area (Å²) in [5, 5.41) is 9.82. The van der Waals surface area contributed by atoms with Gasteiger partial charge in [0.2, 0.25) is 5.56 Å². The molecule has 0 radical (unpaired) electrons. The van der Waals surface area contributed by atoms with Crippen LogP contribution in [0.4, 0.5) is 23.2 Å². The summed E-state index contributed by atoms with van der Waals surface area (Å²) < 4.78 is 54.2. The number of H-pyrrole nitrogens is 1. The normalized spacial score (nSPS) is 18.2. The Labute approximate surface area is 227 Å². The van der Waals surface area contributed by atoms with Crippen molar-refractivity contribution in [2.45, 2.75) is 45.1 Å². The molecule has 0 bridgehead atoms. The molecular formula is C29H26F4N6O. The van der Waals surface area contributed by atoms with Crippen LogP contribution in [0.15, 0.2) is 59.5 Å². The number of piperazine rings is 1. The van der Waals surface area contributed by atoms with Crippen LogP contribution in [0.3, 0.4) is 0 Å². The van der Waals surface area contributed by atoms with Crippen molar-refractivity contribution in [3.05, 3.63) is 87.9 Å². The molecule has 7 nitrogen and oxygen atoms in total. The van der Waals surface area contributed by atoms with Gasteiger partial charge >= 0.3 is 6.18 Å². The lowest BCUT2D eigenvalue weighted by atomic mass is 9.99. The Morgan fingerprint density at radius 2 is 1.88 bits per heavy atom. The Morgan fingerprint density at radius 3 is 2.55 bits per heavy atom. The van der Waals surface area contributed by atoms with Gasteiger partial charge in [0.1, 0.15) is 11.9 Å². The first-order valence-electron chi connectivity index (χ1n) is 12.8. The van der Waals surface area contributed by atoms with Crippen molar-refractivity contribution in [1.29, 1.82) is 5.26 Å². The molecule has 0 saturated carbocycles. The maximum absolute atomic E-state index is 13.6. The smallest absolute Gasteiger partial charge is 0.364 e. The molecule has 1 N–H and O–H groups in total. The van der Waals surface area contributed by atoms with Crippen molar-refractivity contribution < 1.29 is 17.6 Å². The summed E-state index contributed by atoms with van der Waals surface area (Å²) in [5.74, 6) is -0.481. The zero-order valence-corrected chi connectivity index (χ0v) is 21.8. The molecule has 40 heavy (non-hydrogen) atoms. The fourth-order valence-electron chi connectivity index (χ4n) is 5.25. The molecule has 3 aromatic heterocycles. The van der Waals surface area contributed by atoms with E-state index in [9.17, 15) is 27.6 Å². The Balaban J connectivity index is 1.47. The van der Waals surface area contributed by atoms with Gasteiger partial charge in [0.25, 0.3) is 0 Å². The first-order chi connectivity index (χ1) is 19.1. The fraction of sp³-hybridized carbons (Fsp3) is 0.310. The highest BCUT2D eigenvalue weighted by Gasteiger charge is 2.35. The quantitative estimate of drug-likeness (QED) is 0.330. The Kier molecular flexibility index (Phi) is 7.29. The number of nitrogens with one attached hydrogen (secondary N) is 1. The number of halogens is 4. The lowest BCUT2D eigenvalue weighted by Gasteiger charge is -2.46. The molecule has 0 unspecified atom stereocenters. The van der Waals surface area contributed by atoms with Gasteiger partial charge in [-0.1, -0.05) is 19.1 Å². The number of alkyl halides is 3. The number of fused-ring (bicyclic) bond motifs is 1. The Bertz CT molecular complexity index is 1640. The van der Waals surface area contributed by atoms with E-state index in [0.717, 1.165) is 18.7 Å². The van der Waals surface area contributed by atoms with E-state index in [4.69, 9.17) is 0 Å². The molecule has 2 atom stereocenters. The molecule has 0 amide bonds. The van der Waals surface area contributed by atoms with E-state index in [2.05, 4.69) is 30.8 Å². The number of benzene rings is 1. The molecule has 11 heteroatoms. The van der Waals surface area contributed by atoms with Crippen LogP contribution in [0.25, 0.3) is 22.2 Å². The molecule has 0 spiro atoms. The molecule has 1 fully saturated rings. The second-order valence-electron chi connectivity index (χ2n) is 9.94. The number of pyridine rings is 3. The maximum atomic E-state index is 13.6. The van der Waals surface area contributed by atoms with Gasteiger partial charge < -0.3 is 9.88 Å². The number of nitrogens with zero attached hydrogens (tertiary/aromatic N) is 5. The van der Waals surface area contributed by atoms with Crippen LogP contribution >= 0.6 is 0 Å².